The number of carbonyl (C=O) groups is 2. The normalized spacial score (nSPS) is 13.3. The van der Waals surface area contributed by atoms with Crippen LogP contribution in [0.3, 0.4) is 0 Å². The van der Waals surface area contributed by atoms with Gasteiger partial charge in [-0.25, -0.2) is 14.8 Å². The van der Waals surface area contributed by atoms with Crippen LogP contribution in [0.1, 0.15) is 49.4 Å². The van der Waals surface area contributed by atoms with Gasteiger partial charge in [0, 0.05) is 40.4 Å². The Kier molecular flexibility index (Phi) is 14.5. The number of carbonyl (C=O) groups excluding carboxylic acids is 2. The molecule has 3 heterocycles. The monoisotopic (exact) mass is 772 g/mol. The van der Waals surface area contributed by atoms with Crippen LogP contribution in [0.25, 0.3) is 21.7 Å². The minimum atomic E-state index is -0.855. The van der Waals surface area contributed by atoms with Crippen LogP contribution in [0.5, 0.6) is 5.75 Å². The number of anilines is 1. The minimum absolute atomic E-state index is 0.0294. The maximum atomic E-state index is 12.4. The molecule has 1 aliphatic rings. The van der Waals surface area contributed by atoms with Gasteiger partial charge in [0.05, 0.1) is 17.3 Å². The van der Waals surface area contributed by atoms with Crippen molar-refractivity contribution in [3.63, 3.8) is 0 Å². The van der Waals surface area contributed by atoms with Crippen LogP contribution in [0.2, 0.25) is 5.02 Å². The molecule has 0 spiro atoms. The predicted octanol–water partition coefficient (Wildman–Crippen LogP) is 5.91. The highest BCUT2D eigenvalue weighted by Gasteiger charge is 2.27. The summed E-state index contributed by atoms with van der Waals surface area (Å²) < 4.78 is 11.1. The Morgan fingerprint density at radius 2 is 1.75 bits per heavy atom. The molecule has 0 radical (unpaired) electrons. The molecule has 0 saturated carbocycles. The smallest absolute Gasteiger partial charge is 0.328 e. The Labute approximate surface area is 322 Å². The molecule has 1 saturated heterocycles. The van der Waals surface area contributed by atoms with E-state index >= 15 is 0 Å². The summed E-state index contributed by atoms with van der Waals surface area (Å²) >= 11 is 9.00. The van der Waals surface area contributed by atoms with Crippen LogP contribution in [0.15, 0.2) is 58.9 Å². The topological polar surface area (TPSA) is 179 Å². The lowest BCUT2D eigenvalue weighted by atomic mass is 9.96. The van der Waals surface area contributed by atoms with Crippen LogP contribution >= 0.6 is 34.7 Å². The summed E-state index contributed by atoms with van der Waals surface area (Å²) in [6.45, 7) is 4.00. The van der Waals surface area contributed by atoms with E-state index < -0.39 is 24.0 Å². The van der Waals surface area contributed by atoms with Crippen LogP contribution in [-0.4, -0.2) is 73.8 Å². The van der Waals surface area contributed by atoms with Crippen molar-refractivity contribution in [2.75, 3.05) is 44.8 Å². The Bertz CT molecular complexity index is 1960. The van der Waals surface area contributed by atoms with Crippen LogP contribution in [0.4, 0.5) is 5.82 Å². The number of thiazole rings is 1. The zero-order valence-electron chi connectivity index (χ0n) is 29.6. The Morgan fingerprint density at radius 1 is 1.04 bits per heavy atom. The maximum absolute atomic E-state index is 12.4. The molecule has 2 aromatic carbocycles. The van der Waals surface area contributed by atoms with Crippen molar-refractivity contribution in [3.05, 3.63) is 75.8 Å². The number of rotatable bonds is 18. The molecule has 1 aliphatic heterocycles. The molecule has 4 N–H and O–H groups in total. The molecule has 2 aromatic heterocycles. The van der Waals surface area contributed by atoms with Crippen LogP contribution < -0.4 is 26.0 Å². The zero-order chi connectivity index (χ0) is 37.7. The van der Waals surface area contributed by atoms with Gasteiger partial charge in [0.2, 0.25) is 5.91 Å². The van der Waals surface area contributed by atoms with E-state index in [9.17, 15) is 20.1 Å². The Morgan fingerprint density at radius 3 is 2.42 bits per heavy atom. The molecule has 0 unspecified atom stereocenters. The first-order chi connectivity index (χ1) is 25.7. The first-order valence-corrected chi connectivity index (χ1v) is 19.5. The number of amides is 1. The lowest BCUT2D eigenvalue weighted by molar-refractivity contribution is -0.148. The number of hydrogen-bond donors (Lipinski definition) is 3. The van der Waals surface area contributed by atoms with Gasteiger partial charge in [-0.05, 0) is 69.6 Å². The second kappa shape index (κ2) is 19.4. The average Bonchev–Trinajstić information content (AvgIpc) is 3.62. The second-order valence-electron chi connectivity index (χ2n) is 12.3. The number of esters is 1. The summed E-state index contributed by atoms with van der Waals surface area (Å²) in [5.41, 5.74) is 9.65. The van der Waals surface area contributed by atoms with E-state index in [2.05, 4.69) is 27.7 Å². The van der Waals surface area contributed by atoms with E-state index in [1.807, 2.05) is 36.7 Å². The van der Waals surface area contributed by atoms with Crippen molar-refractivity contribution in [2.45, 2.75) is 55.5 Å². The van der Waals surface area contributed by atoms with E-state index in [4.69, 9.17) is 36.8 Å². The largest absolute Gasteiger partial charge is 0.490 e. The number of ether oxygens (including phenoxy) is 2. The fourth-order valence-electron chi connectivity index (χ4n) is 5.47. The van der Waals surface area contributed by atoms with Gasteiger partial charge < -0.3 is 30.7 Å². The number of nitrogens with two attached hydrogens (primary N) is 1. The van der Waals surface area contributed by atoms with Gasteiger partial charge in [-0.1, -0.05) is 54.0 Å². The number of thioether (sulfide) groups is 1. The molecule has 0 aliphatic carbocycles. The Hall–Kier alpha value is -4.70. The summed E-state index contributed by atoms with van der Waals surface area (Å²) in [7, 11) is 1.87. The van der Waals surface area contributed by atoms with E-state index in [-0.39, 0.29) is 13.2 Å². The molecule has 53 heavy (non-hydrogen) atoms. The molecule has 5 rings (SSSR count). The molecular formula is C38H41ClN8O4S2. The predicted molar refractivity (Wildman–Crippen MR) is 208 cm³/mol. The second-order valence-corrected chi connectivity index (χ2v) is 14.6. The standard InChI is InChI=1S/C38H41ClN8O4S2/c1-24(44-35(48)32(42)6-3-4-15-43-2)38(49)51-19-18-50-29-13-9-25(10-14-29)33-30(20-40)34(47-16-5-17-47)46-37(31(33)21-41)53-23-28-22-52-36(45-28)26-7-11-27(39)12-8-26/h7-14,22,24,32,43H,3-6,15-19,23,42H2,1-2H3,(H,44,48)/t24-,32-/m0/s1. The van der Waals surface area contributed by atoms with Gasteiger partial charge in [-0.2, -0.15) is 10.5 Å². The van der Waals surface area contributed by atoms with Gasteiger partial charge in [-0.3, -0.25) is 4.79 Å². The number of hydrogen-bond acceptors (Lipinski definition) is 13. The summed E-state index contributed by atoms with van der Waals surface area (Å²) in [4.78, 5) is 36.5. The molecule has 0 bridgehead atoms. The number of nitrogens with zero attached hydrogens (tertiary/aromatic N) is 5. The van der Waals surface area contributed by atoms with Gasteiger partial charge in [0.15, 0.2) is 0 Å². The third-order valence-corrected chi connectivity index (χ3v) is 10.7. The first kappa shape index (κ1) is 39.5. The van der Waals surface area contributed by atoms with E-state index in [0.29, 0.717) is 56.0 Å². The number of aromatic nitrogens is 2. The summed E-state index contributed by atoms with van der Waals surface area (Å²) in [6, 6.07) is 17.7. The minimum Gasteiger partial charge on any atom is -0.490 e. The number of nitriles is 2. The fraction of sp³-hybridized carbons (Fsp3) is 0.368. The summed E-state index contributed by atoms with van der Waals surface area (Å²) in [6.07, 6.45) is 3.23. The molecule has 4 aromatic rings. The highest BCUT2D eigenvalue weighted by molar-refractivity contribution is 7.98. The van der Waals surface area contributed by atoms with Crippen molar-refractivity contribution >= 4 is 52.4 Å². The third kappa shape index (κ3) is 10.5. The number of benzene rings is 2. The molecule has 276 valence electrons. The van der Waals surface area contributed by atoms with Crippen LogP contribution in [0, 0.1) is 22.7 Å². The van der Waals surface area contributed by atoms with E-state index in [0.717, 1.165) is 55.2 Å². The molecule has 12 nitrogen and oxygen atoms in total. The van der Waals surface area contributed by atoms with Crippen molar-refractivity contribution in [3.8, 4) is 39.6 Å². The number of unbranched alkanes of at least 4 members (excludes halogenated alkanes) is 1. The van der Waals surface area contributed by atoms with Gasteiger partial charge in [0.25, 0.3) is 0 Å². The molecule has 2 atom stereocenters. The van der Waals surface area contributed by atoms with E-state index in [1.54, 1.807) is 31.2 Å². The average molecular weight is 773 g/mol. The number of halogens is 1. The van der Waals surface area contributed by atoms with E-state index in [1.165, 1.54) is 23.1 Å². The van der Waals surface area contributed by atoms with Gasteiger partial charge >= 0.3 is 5.97 Å². The molecule has 1 amide bonds. The van der Waals surface area contributed by atoms with Crippen molar-refractivity contribution in [1.82, 2.24) is 20.6 Å². The quantitative estimate of drug-likeness (QED) is 0.0619. The Balaban J connectivity index is 1.22. The lowest BCUT2D eigenvalue weighted by Gasteiger charge is -2.33. The van der Waals surface area contributed by atoms with Crippen molar-refractivity contribution < 1.29 is 19.1 Å². The lowest BCUT2D eigenvalue weighted by Crippen LogP contribution is -2.47. The van der Waals surface area contributed by atoms with Gasteiger partial charge in [-0.15, -0.1) is 11.3 Å². The highest BCUT2D eigenvalue weighted by Crippen LogP contribution is 2.40. The fourth-order valence-corrected chi connectivity index (χ4v) is 7.41. The summed E-state index contributed by atoms with van der Waals surface area (Å²) in [5, 5.41) is 30.5. The summed E-state index contributed by atoms with van der Waals surface area (Å²) in [5.74, 6) is 0.584. The number of nitrogens with one attached hydrogen (secondary N) is 2. The molecule has 1 fully saturated rings. The zero-order valence-corrected chi connectivity index (χ0v) is 32.0. The first-order valence-electron chi connectivity index (χ1n) is 17.3. The van der Waals surface area contributed by atoms with Gasteiger partial charge in [0.1, 0.15) is 58.6 Å². The molecular weight excluding hydrogens is 732 g/mol. The number of pyridine rings is 1. The van der Waals surface area contributed by atoms with Crippen molar-refractivity contribution in [1.29, 1.82) is 10.5 Å². The maximum Gasteiger partial charge on any atom is 0.328 e. The molecule has 15 heteroatoms. The van der Waals surface area contributed by atoms with Crippen molar-refractivity contribution in [2.24, 2.45) is 5.73 Å². The van der Waals surface area contributed by atoms with Crippen LogP contribution in [-0.2, 0) is 20.1 Å². The third-order valence-electron chi connectivity index (χ3n) is 8.50. The highest BCUT2D eigenvalue weighted by atomic mass is 35.5. The SMILES string of the molecule is CNCCCC[C@H](N)C(=O)N[C@@H](C)C(=O)OCCOc1ccc(-c2c(C#N)c(SCc3csc(-c4ccc(Cl)cc4)n3)nc(N3CCC3)c2C#N)cc1.